The van der Waals surface area contributed by atoms with Gasteiger partial charge in [-0.1, -0.05) is 13.3 Å². The van der Waals surface area contributed by atoms with Gasteiger partial charge >= 0.3 is 11.8 Å². The van der Waals surface area contributed by atoms with Crippen LogP contribution in [0.5, 0.6) is 5.75 Å². The Hall–Kier alpha value is -2.71. The molecule has 1 unspecified atom stereocenters. The van der Waals surface area contributed by atoms with Crippen molar-refractivity contribution in [1.29, 1.82) is 0 Å². The Morgan fingerprint density at radius 1 is 1.42 bits per heavy atom. The van der Waals surface area contributed by atoms with Gasteiger partial charge in [-0.3, -0.25) is 9.69 Å². The molecular weight excluding hydrogens is 342 g/mol. The van der Waals surface area contributed by atoms with Crippen LogP contribution in [0.2, 0.25) is 0 Å². The molecule has 1 aromatic heterocycles. The fourth-order valence-electron chi connectivity index (χ4n) is 3.34. The lowest BCUT2D eigenvalue weighted by molar-refractivity contribution is -0.389. The maximum atomic E-state index is 12.7. The zero-order valence-corrected chi connectivity index (χ0v) is 14.6. The summed E-state index contributed by atoms with van der Waals surface area (Å²) in [7, 11) is 0. The van der Waals surface area contributed by atoms with Crippen LogP contribution >= 0.6 is 0 Å². The number of rotatable bonds is 5. The molecular formula is C17H21N3O6. The lowest BCUT2D eigenvalue weighted by atomic mass is 9.98. The summed E-state index contributed by atoms with van der Waals surface area (Å²) < 4.78 is 10.9. The van der Waals surface area contributed by atoms with E-state index in [0.717, 1.165) is 32.1 Å². The number of carbonyl (C=O) groups excluding carboxylic acids is 2. The first-order valence-electron chi connectivity index (χ1n) is 8.82. The molecule has 9 heteroatoms. The van der Waals surface area contributed by atoms with Gasteiger partial charge in [0.15, 0.2) is 12.4 Å². The largest absolute Gasteiger partial charge is 0.477 e. The van der Waals surface area contributed by atoms with Gasteiger partial charge in [-0.2, -0.15) is 0 Å². The van der Waals surface area contributed by atoms with E-state index in [4.69, 9.17) is 9.47 Å². The van der Waals surface area contributed by atoms with E-state index < -0.39 is 28.7 Å². The summed E-state index contributed by atoms with van der Waals surface area (Å²) in [5.41, 5.74) is 0. The number of nitrogens with zero attached hydrogens (tertiary/aromatic N) is 3. The number of hydrogen-bond acceptors (Lipinski definition) is 7. The van der Waals surface area contributed by atoms with Gasteiger partial charge in [0.25, 0.3) is 11.7 Å². The summed E-state index contributed by atoms with van der Waals surface area (Å²) in [6, 6.07) is 1.70. The van der Waals surface area contributed by atoms with Gasteiger partial charge in [-0.05, 0) is 48.1 Å². The van der Waals surface area contributed by atoms with Gasteiger partial charge in [0, 0.05) is 6.07 Å². The number of fused-ring (bicyclic) bond motifs is 1. The molecule has 1 fully saturated rings. The highest BCUT2D eigenvalue weighted by Crippen LogP contribution is 2.34. The number of ether oxygens (including phenoxy) is 2. The molecule has 1 atom stereocenters. The standard InChI is InChI=1S/C17H21N3O6/c1-2-12(17(22)26-11-6-4-3-5-7-11)19-15(21)10-25-13-8-9-14(20(23)24)18-16(13)19/h8-9,11-12H,2-7,10H2,1H3. The summed E-state index contributed by atoms with van der Waals surface area (Å²) in [5, 5.41) is 11.0. The van der Waals surface area contributed by atoms with E-state index in [0.29, 0.717) is 6.42 Å². The molecule has 0 aromatic carbocycles. The number of pyridine rings is 1. The SMILES string of the molecule is CCC(C(=O)OC1CCCCC1)N1C(=O)COc2ccc([N+](=O)[O-])nc21. The van der Waals surface area contributed by atoms with E-state index in [9.17, 15) is 19.7 Å². The summed E-state index contributed by atoms with van der Waals surface area (Å²) in [5.74, 6) is -1.17. The third kappa shape index (κ3) is 3.61. The predicted octanol–water partition coefficient (Wildman–Crippen LogP) is 2.37. The smallest absolute Gasteiger partial charge is 0.366 e. The molecule has 0 saturated heterocycles. The molecule has 26 heavy (non-hydrogen) atoms. The Bertz CT molecular complexity index is 716. The molecule has 0 spiro atoms. The molecule has 1 aliphatic heterocycles. The Morgan fingerprint density at radius 3 is 2.81 bits per heavy atom. The number of nitro groups is 1. The minimum Gasteiger partial charge on any atom is -0.477 e. The van der Waals surface area contributed by atoms with E-state index in [1.165, 1.54) is 17.0 Å². The molecule has 1 aliphatic carbocycles. The summed E-state index contributed by atoms with van der Waals surface area (Å²) >= 11 is 0. The first kappa shape index (κ1) is 18.1. The molecule has 140 valence electrons. The van der Waals surface area contributed by atoms with E-state index in [-0.39, 0.29) is 24.3 Å². The first-order chi connectivity index (χ1) is 12.5. The molecule has 1 amide bonds. The van der Waals surface area contributed by atoms with Crippen molar-refractivity contribution in [3.8, 4) is 5.75 Å². The Balaban J connectivity index is 1.87. The van der Waals surface area contributed by atoms with Crippen LogP contribution in [0.4, 0.5) is 11.6 Å². The number of carbonyl (C=O) groups is 2. The van der Waals surface area contributed by atoms with Gasteiger partial charge in [0.05, 0.1) is 0 Å². The minimum absolute atomic E-state index is 0.0112. The van der Waals surface area contributed by atoms with Crippen molar-refractivity contribution in [3.05, 3.63) is 22.2 Å². The molecule has 1 saturated carbocycles. The van der Waals surface area contributed by atoms with Crippen molar-refractivity contribution in [2.24, 2.45) is 0 Å². The van der Waals surface area contributed by atoms with Gasteiger partial charge in [0.2, 0.25) is 0 Å². The highest BCUT2D eigenvalue weighted by atomic mass is 16.6. The third-order valence-electron chi connectivity index (χ3n) is 4.67. The second-order valence-corrected chi connectivity index (χ2v) is 6.42. The second kappa shape index (κ2) is 7.67. The van der Waals surface area contributed by atoms with Gasteiger partial charge in [0.1, 0.15) is 12.1 Å². The van der Waals surface area contributed by atoms with Crippen LogP contribution in [0.1, 0.15) is 45.4 Å². The lowest BCUT2D eigenvalue weighted by Crippen LogP contribution is -2.50. The molecule has 0 N–H and O–H groups in total. The average molecular weight is 363 g/mol. The van der Waals surface area contributed by atoms with E-state index in [1.807, 2.05) is 0 Å². The van der Waals surface area contributed by atoms with Gasteiger partial charge in [-0.15, -0.1) is 0 Å². The number of amides is 1. The predicted molar refractivity (Wildman–Crippen MR) is 90.9 cm³/mol. The van der Waals surface area contributed by atoms with E-state index in [2.05, 4.69) is 4.98 Å². The number of hydrogen-bond donors (Lipinski definition) is 0. The van der Waals surface area contributed by atoms with Crippen LogP contribution in [-0.4, -0.2) is 40.5 Å². The topological polar surface area (TPSA) is 112 Å². The fourth-order valence-corrected chi connectivity index (χ4v) is 3.34. The van der Waals surface area contributed by atoms with Crippen molar-refractivity contribution in [2.75, 3.05) is 11.5 Å². The van der Waals surface area contributed by atoms with Crippen molar-refractivity contribution >= 4 is 23.5 Å². The Labute approximate surface area is 150 Å². The zero-order chi connectivity index (χ0) is 18.7. The van der Waals surface area contributed by atoms with Gasteiger partial charge < -0.3 is 19.6 Å². The summed E-state index contributed by atoms with van der Waals surface area (Å²) in [6.07, 6.45) is 4.97. The van der Waals surface area contributed by atoms with Crippen LogP contribution < -0.4 is 9.64 Å². The normalized spacial score (nSPS) is 18.7. The van der Waals surface area contributed by atoms with Gasteiger partial charge in [-0.25, -0.2) is 4.79 Å². The van der Waals surface area contributed by atoms with Crippen LogP contribution in [0.3, 0.4) is 0 Å². The van der Waals surface area contributed by atoms with Crippen molar-refractivity contribution in [1.82, 2.24) is 4.98 Å². The van der Waals surface area contributed by atoms with Crippen LogP contribution in [0, 0.1) is 10.1 Å². The number of esters is 1. The number of anilines is 1. The van der Waals surface area contributed by atoms with Crippen LogP contribution in [-0.2, 0) is 14.3 Å². The Morgan fingerprint density at radius 2 is 2.15 bits per heavy atom. The summed E-state index contributed by atoms with van der Waals surface area (Å²) in [4.78, 5) is 40.6. The maximum Gasteiger partial charge on any atom is 0.366 e. The molecule has 0 bridgehead atoms. The van der Waals surface area contributed by atoms with Crippen molar-refractivity contribution in [2.45, 2.75) is 57.6 Å². The zero-order valence-electron chi connectivity index (χ0n) is 14.6. The fraction of sp³-hybridized carbons (Fsp3) is 0.588. The maximum absolute atomic E-state index is 12.7. The molecule has 3 rings (SSSR count). The monoisotopic (exact) mass is 363 g/mol. The molecule has 2 heterocycles. The van der Waals surface area contributed by atoms with Crippen molar-refractivity contribution < 1.29 is 24.0 Å². The highest BCUT2D eigenvalue weighted by molar-refractivity contribution is 6.02. The molecule has 2 aliphatic rings. The Kier molecular flexibility index (Phi) is 5.34. The van der Waals surface area contributed by atoms with E-state index >= 15 is 0 Å². The molecule has 0 radical (unpaired) electrons. The average Bonchev–Trinajstić information content (AvgIpc) is 2.64. The summed E-state index contributed by atoms with van der Waals surface area (Å²) in [6.45, 7) is 1.51. The highest BCUT2D eigenvalue weighted by Gasteiger charge is 2.40. The first-order valence-corrected chi connectivity index (χ1v) is 8.82. The van der Waals surface area contributed by atoms with Crippen LogP contribution in [0.25, 0.3) is 0 Å². The third-order valence-corrected chi connectivity index (χ3v) is 4.67. The minimum atomic E-state index is -0.887. The lowest BCUT2D eigenvalue weighted by Gasteiger charge is -2.32. The van der Waals surface area contributed by atoms with E-state index in [1.54, 1.807) is 6.92 Å². The molecule has 1 aromatic rings. The van der Waals surface area contributed by atoms with Crippen LogP contribution in [0.15, 0.2) is 12.1 Å². The second-order valence-electron chi connectivity index (χ2n) is 6.42. The van der Waals surface area contributed by atoms with Crippen molar-refractivity contribution in [3.63, 3.8) is 0 Å². The number of aromatic nitrogens is 1. The quantitative estimate of drug-likeness (QED) is 0.448. The molecule has 9 nitrogen and oxygen atoms in total.